The number of ether oxygens (including phenoxy) is 1. The third-order valence-electron chi connectivity index (χ3n) is 3.23. The highest BCUT2D eigenvalue weighted by Crippen LogP contribution is 2.26. The number of hydrogen-bond acceptors (Lipinski definition) is 3. The van der Waals surface area contributed by atoms with Crippen LogP contribution in [0.3, 0.4) is 0 Å². The standard InChI is InChI=1S/C14H21BrN2O2/c1-4-9(2)13(16)14(18)17-12-7-5-6-11(15)10(12)8-19-3/h5-7,9,13H,4,8,16H2,1-3H3,(H,17,18)/t9?,13-/m0/s1. The second-order valence-corrected chi connectivity index (χ2v) is 5.45. The molecule has 0 saturated carbocycles. The SMILES string of the molecule is CCC(C)[C@H](N)C(=O)Nc1cccc(Br)c1COC. The molecular formula is C14H21BrN2O2. The number of amides is 1. The molecule has 0 heterocycles. The number of carbonyl (C=O) groups is 1. The number of anilines is 1. The number of nitrogens with one attached hydrogen (secondary N) is 1. The molecule has 4 nitrogen and oxygen atoms in total. The summed E-state index contributed by atoms with van der Waals surface area (Å²) < 4.78 is 6.05. The van der Waals surface area contributed by atoms with Crippen LogP contribution in [0.2, 0.25) is 0 Å². The van der Waals surface area contributed by atoms with Gasteiger partial charge in [-0.15, -0.1) is 0 Å². The van der Waals surface area contributed by atoms with Crippen molar-refractivity contribution in [3.8, 4) is 0 Å². The number of carbonyl (C=O) groups excluding carboxylic acids is 1. The normalized spacial score (nSPS) is 13.9. The zero-order chi connectivity index (χ0) is 14.4. The predicted octanol–water partition coefficient (Wildman–Crippen LogP) is 2.91. The van der Waals surface area contributed by atoms with Crippen molar-refractivity contribution in [2.75, 3.05) is 12.4 Å². The van der Waals surface area contributed by atoms with Gasteiger partial charge in [0.15, 0.2) is 0 Å². The number of rotatable bonds is 6. The van der Waals surface area contributed by atoms with Crippen molar-refractivity contribution in [3.05, 3.63) is 28.2 Å². The summed E-state index contributed by atoms with van der Waals surface area (Å²) in [6.45, 7) is 4.42. The van der Waals surface area contributed by atoms with Gasteiger partial charge in [0.25, 0.3) is 0 Å². The number of benzene rings is 1. The molecule has 2 atom stereocenters. The topological polar surface area (TPSA) is 64.4 Å². The van der Waals surface area contributed by atoms with Gasteiger partial charge in [-0.05, 0) is 18.1 Å². The first-order chi connectivity index (χ1) is 9.01. The number of hydrogen-bond donors (Lipinski definition) is 2. The van der Waals surface area contributed by atoms with Gasteiger partial charge in [0.05, 0.1) is 12.6 Å². The van der Waals surface area contributed by atoms with Gasteiger partial charge in [-0.1, -0.05) is 42.3 Å². The van der Waals surface area contributed by atoms with E-state index < -0.39 is 6.04 Å². The third kappa shape index (κ3) is 4.30. The van der Waals surface area contributed by atoms with Crippen molar-refractivity contribution in [1.82, 2.24) is 0 Å². The molecular weight excluding hydrogens is 308 g/mol. The van der Waals surface area contributed by atoms with E-state index >= 15 is 0 Å². The first kappa shape index (κ1) is 16.1. The van der Waals surface area contributed by atoms with Crippen LogP contribution in [0.5, 0.6) is 0 Å². The lowest BCUT2D eigenvalue weighted by Gasteiger charge is -2.19. The van der Waals surface area contributed by atoms with Crippen molar-refractivity contribution < 1.29 is 9.53 Å². The first-order valence-electron chi connectivity index (χ1n) is 6.34. The molecule has 1 aromatic carbocycles. The average molecular weight is 329 g/mol. The molecule has 0 aliphatic rings. The minimum Gasteiger partial charge on any atom is -0.380 e. The van der Waals surface area contributed by atoms with Gasteiger partial charge in [-0.25, -0.2) is 0 Å². The van der Waals surface area contributed by atoms with Crippen LogP contribution < -0.4 is 11.1 Å². The highest BCUT2D eigenvalue weighted by atomic mass is 79.9. The largest absolute Gasteiger partial charge is 0.380 e. The molecule has 1 aromatic rings. The van der Waals surface area contributed by atoms with E-state index in [1.807, 2.05) is 32.0 Å². The second-order valence-electron chi connectivity index (χ2n) is 4.60. The smallest absolute Gasteiger partial charge is 0.241 e. The predicted molar refractivity (Wildman–Crippen MR) is 80.9 cm³/mol. The van der Waals surface area contributed by atoms with Gasteiger partial charge < -0.3 is 15.8 Å². The van der Waals surface area contributed by atoms with E-state index in [1.165, 1.54) is 0 Å². The van der Waals surface area contributed by atoms with Crippen LogP contribution in [0.25, 0.3) is 0 Å². The van der Waals surface area contributed by atoms with Crippen LogP contribution in [-0.2, 0) is 16.1 Å². The molecule has 0 aliphatic carbocycles. The zero-order valence-electron chi connectivity index (χ0n) is 11.6. The second kappa shape index (κ2) is 7.62. The van der Waals surface area contributed by atoms with Crippen molar-refractivity contribution in [1.29, 1.82) is 0 Å². The van der Waals surface area contributed by atoms with E-state index in [0.29, 0.717) is 6.61 Å². The molecule has 1 amide bonds. The molecule has 0 aromatic heterocycles. The Bertz CT molecular complexity index is 437. The number of halogens is 1. The van der Waals surface area contributed by atoms with Crippen LogP contribution in [0.4, 0.5) is 5.69 Å². The fourth-order valence-electron chi connectivity index (χ4n) is 1.70. The minimum absolute atomic E-state index is 0.151. The summed E-state index contributed by atoms with van der Waals surface area (Å²) in [5.74, 6) is -0.0113. The Kier molecular flexibility index (Phi) is 6.48. The summed E-state index contributed by atoms with van der Waals surface area (Å²) in [5.41, 5.74) is 7.57. The third-order valence-corrected chi connectivity index (χ3v) is 3.97. The quantitative estimate of drug-likeness (QED) is 0.843. The van der Waals surface area contributed by atoms with Crippen LogP contribution in [-0.4, -0.2) is 19.1 Å². The van der Waals surface area contributed by atoms with Crippen LogP contribution in [0, 0.1) is 5.92 Å². The fourth-order valence-corrected chi connectivity index (χ4v) is 2.18. The highest BCUT2D eigenvalue weighted by Gasteiger charge is 2.20. The summed E-state index contributed by atoms with van der Waals surface area (Å²) in [6.07, 6.45) is 0.873. The molecule has 0 fully saturated rings. The summed E-state index contributed by atoms with van der Waals surface area (Å²) >= 11 is 3.46. The Balaban J connectivity index is 2.87. The van der Waals surface area contributed by atoms with E-state index in [4.69, 9.17) is 10.5 Å². The monoisotopic (exact) mass is 328 g/mol. The Morgan fingerprint density at radius 2 is 2.21 bits per heavy atom. The van der Waals surface area contributed by atoms with Crippen molar-refractivity contribution in [3.63, 3.8) is 0 Å². The maximum absolute atomic E-state index is 12.1. The lowest BCUT2D eigenvalue weighted by molar-refractivity contribution is -0.118. The van der Waals surface area contributed by atoms with Crippen molar-refractivity contribution in [2.45, 2.75) is 32.9 Å². The molecule has 0 saturated heterocycles. The van der Waals surface area contributed by atoms with Gasteiger partial charge in [0.1, 0.15) is 0 Å². The lowest BCUT2D eigenvalue weighted by atomic mass is 9.99. The Hall–Kier alpha value is -0.910. The Morgan fingerprint density at radius 3 is 2.79 bits per heavy atom. The van der Waals surface area contributed by atoms with Crippen LogP contribution >= 0.6 is 15.9 Å². The lowest BCUT2D eigenvalue weighted by Crippen LogP contribution is -2.40. The van der Waals surface area contributed by atoms with Crippen molar-refractivity contribution in [2.24, 2.45) is 11.7 Å². The van der Waals surface area contributed by atoms with Gasteiger partial charge in [-0.3, -0.25) is 4.79 Å². The minimum atomic E-state index is -0.501. The fraction of sp³-hybridized carbons (Fsp3) is 0.500. The summed E-state index contributed by atoms with van der Waals surface area (Å²) in [6, 6.07) is 5.13. The van der Waals surface area contributed by atoms with E-state index in [-0.39, 0.29) is 11.8 Å². The molecule has 1 rings (SSSR count). The maximum atomic E-state index is 12.1. The summed E-state index contributed by atoms with van der Waals surface area (Å²) in [5, 5.41) is 2.88. The van der Waals surface area contributed by atoms with E-state index in [9.17, 15) is 4.79 Å². The maximum Gasteiger partial charge on any atom is 0.241 e. The first-order valence-corrected chi connectivity index (χ1v) is 7.13. The molecule has 0 aliphatic heterocycles. The molecule has 0 spiro atoms. The van der Waals surface area contributed by atoms with E-state index in [0.717, 1.165) is 22.1 Å². The summed E-state index contributed by atoms with van der Waals surface area (Å²) in [7, 11) is 1.62. The number of nitrogens with two attached hydrogens (primary N) is 1. The van der Waals surface area contributed by atoms with Gasteiger partial charge in [-0.2, -0.15) is 0 Å². The Morgan fingerprint density at radius 1 is 1.53 bits per heavy atom. The highest BCUT2D eigenvalue weighted by molar-refractivity contribution is 9.10. The van der Waals surface area contributed by atoms with E-state index in [1.54, 1.807) is 7.11 Å². The molecule has 0 bridgehead atoms. The van der Waals surface area contributed by atoms with Crippen LogP contribution in [0.15, 0.2) is 22.7 Å². The van der Waals surface area contributed by atoms with E-state index in [2.05, 4.69) is 21.2 Å². The van der Waals surface area contributed by atoms with Gasteiger partial charge in [0.2, 0.25) is 5.91 Å². The molecule has 5 heteroatoms. The molecule has 19 heavy (non-hydrogen) atoms. The molecule has 3 N–H and O–H groups in total. The van der Waals surface area contributed by atoms with Gasteiger partial charge >= 0.3 is 0 Å². The zero-order valence-corrected chi connectivity index (χ0v) is 13.2. The van der Waals surface area contributed by atoms with Gasteiger partial charge in [0, 0.05) is 22.8 Å². The molecule has 1 unspecified atom stereocenters. The van der Waals surface area contributed by atoms with Crippen molar-refractivity contribution >= 4 is 27.5 Å². The Labute approximate surface area is 122 Å². The molecule has 0 radical (unpaired) electrons. The molecule has 106 valence electrons. The average Bonchev–Trinajstić information content (AvgIpc) is 2.40. The van der Waals surface area contributed by atoms with Crippen LogP contribution in [0.1, 0.15) is 25.8 Å². The number of methoxy groups -OCH3 is 1. The summed E-state index contributed by atoms with van der Waals surface area (Å²) in [4.78, 5) is 12.1.